The Bertz CT molecular complexity index is 357. The molecule has 0 heterocycles. The number of aliphatic imine (C=N–C) groups is 1. The number of nitrogens with zero attached hydrogens (tertiary/aromatic N) is 1. The molecule has 4 heteroatoms. The fraction of sp³-hybridized carbons (Fsp3) is 0.462. The predicted octanol–water partition coefficient (Wildman–Crippen LogP) is 1.77. The van der Waals surface area contributed by atoms with E-state index in [2.05, 4.69) is 15.6 Å². The van der Waals surface area contributed by atoms with Crippen LogP contribution >= 0.6 is 0 Å². The molecular formula is C13H21N3O. The molecule has 1 rings (SSSR count). The van der Waals surface area contributed by atoms with Crippen molar-refractivity contribution in [3.05, 3.63) is 29.8 Å². The minimum Gasteiger partial charge on any atom is -0.491 e. The van der Waals surface area contributed by atoms with Gasteiger partial charge >= 0.3 is 0 Å². The summed E-state index contributed by atoms with van der Waals surface area (Å²) in [5, 5.41) is 6.17. The summed E-state index contributed by atoms with van der Waals surface area (Å²) in [4.78, 5) is 4.05. The van der Waals surface area contributed by atoms with E-state index in [0.29, 0.717) is 0 Å². The fourth-order valence-corrected chi connectivity index (χ4v) is 1.42. The van der Waals surface area contributed by atoms with Gasteiger partial charge in [-0.3, -0.25) is 4.99 Å². The maximum atomic E-state index is 5.58. The zero-order valence-corrected chi connectivity index (χ0v) is 10.9. The molecule has 0 saturated carbocycles. The second kappa shape index (κ2) is 6.78. The lowest BCUT2D eigenvalue weighted by Crippen LogP contribution is -2.34. The lowest BCUT2D eigenvalue weighted by atomic mass is 10.2. The quantitative estimate of drug-likeness (QED) is 0.617. The first-order chi connectivity index (χ1) is 8.15. The summed E-state index contributed by atoms with van der Waals surface area (Å²) in [5.41, 5.74) is 1.19. The van der Waals surface area contributed by atoms with Gasteiger partial charge in [0.1, 0.15) is 5.75 Å². The average Bonchev–Trinajstić information content (AvgIpc) is 2.32. The highest BCUT2D eigenvalue weighted by molar-refractivity contribution is 5.79. The van der Waals surface area contributed by atoms with E-state index in [4.69, 9.17) is 4.74 Å². The van der Waals surface area contributed by atoms with Crippen LogP contribution in [-0.4, -0.2) is 26.2 Å². The van der Waals surface area contributed by atoms with Gasteiger partial charge in [0.15, 0.2) is 5.96 Å². The number of benzene rings is 1. The molecule has 2 N–H and O–H groups in total. The zero-order valence-electron chi connectivity index (χ0n) is 10.9. The third kappa shape index (κ3) is 4.76. The molecule has 17 heavy (non-hydrogen) atoms. The molecule has 0 radical (unpaired) electrons. The van der Waals surface area contributed by atoms with Crippen LogP contribution in [0.5, 0.6) is 5.75 Å². The first-order valence-electron chi connectivity index (χ1n) is 5.79. The van der Waals surface area contributed by atoms with Crippen LogP contribution in [0.3, 0.4) is 0 Å². The lowest BCUT2D eigenvalue weighted by molar-refractivity contribution is 0.242. The molecule has 0 atom stereocenters. The van der Waals surface area contributed by atoms with Crippen molar-refractivity contribution in [3.63, 3.8) is 0 Å². The van der Waals surface area contributed by atoms with Gasteiger partial charge < -0.3 is 15.4 Å². The van der Waals surface area contributed by atoms with Crippen molar-refractivity contribution in [1.82, 2.24) is 10.6 Å². The molecule has 0 aliphatic heterocycles. The van der Waals surface area contributed by atoms with Crippen LogP contribution in [0.25, 0.3) is 0 Å². The molecule has 1 aromatic rings. The van der Waals surface area contributed by atoms with Crippen molar-refractivity contribution >= 4 is 5.96 Å². The monoisotopic (exact) mass is 235 g/mol. The summed E-state index contributed by atoms with van der Waals surface area (Å²) in [6, 6.07) is 8.07. The number of hydrogen-bond donors (Lipinski definition) is 2. The summed E-state index contributed by atoms with van der Waals surface area (Å²) < 4.78 is 5.58. The molecule has 0 aromatic heterocycles. The number of nitrogens with one attached hydrogen (secondary N) is 2. The van der Waals surface area contributed by atoms with Crippen LogP contribution in [0.1, 0.15) is 19.4 Å². The highest BCUT2D eigenvalue weighted by Gasteiger charge is 1.99. The molecule has 0 saturated heterocycles. The Balaban J connectivity index is 2.51. The van der Waals surface area contributed by atoms with Crippen LogP contribution in [0, 0.1) is 0 Å². The zero-order chi connectivity index (χ0) is 12.7. The normalized spacial score (nSPS) is 11.5. The SMILES string of the molecule is CN=C(NC)NCc1ccc(OC(C)C)cc1. The molecule has 0 aliphatic carbocycles. The van der Waals surface area contributed by atoms with Crippen LogP contribution < -0.4 is 15.4 Å². The summed E-state index contributed by atoms with van der Waals surface area (Å²) in [6.07, 6.45) is 0.210. The minimum atomic E-state index is 0.210. The van der Waals surface area contributed by atoms with Crippen LogP contribution in [0.15, 0.2) is 29.3 Å². The largest absolute Gasteiger partial charge is 0.491 e. The number of guanidine groups is 1. The first-order valence-corrected chi connectivity index (χ1v) is 5.79. The summed E-state index contributed by atoms with van der Waals surface area (Å²) in [6.45, 7) is 4.79. The molecule has 0 unspecified atom stereocenters. The van der Waals surface area contributed by atoms with Crippen molar-refractivity contribution in [2.75, 3.05) is 14.1 Å². The Morgan fingerprint density at radius 3 is 2.41 bits per heavy atom. The molecular weight excluding hydrogens is 214 g/mol. The third-order valence-corrected chi connectivity index (χ3v) is 2.22. The summed E-state index contributed by atoms with van der Waals surface area (Å²) in [5.74, 6) is 1.69. The van der Waals surface area contributed by atoms with Gasteiger partial charge in [0, 0.05) is 20.6 Å². The fourth-order valence-electron chi connectivity index (χ4n) is 1.42. The molecule has 0 bridgehead atoms. The molecule has 0 fully saturated rings. The van der Waals surface area contributed by atoms with Crippen LogP contribution in [0.4, 0.5) is 0 Å². The Labute approximate surface area is 103 Å². The van der Waals surface area contributed by atoms with Crippen LogP contribution in [-0.2, 0) is 6.54 Å². The standard InChI is InChI=1S/C13H21N3O/c1-10(2)17-12-7-5-11(6-8-12)9-16-13(14-3)15-4/h5-8,10H,9H2,1-4H3,(H2,14,15,16). The first kappa shape index (κ1) is 13.4. The second-order valence-corrected chi connectivity index (χ2v) is 3.99. The molecule has 0 amide bonds. The van der Waals surface area contributed by atoms with Crippen molar-refractivity contribution in [1.29, 1.82) is 0 Å². The van der Waals surface area contributed by atoms with Gasteiger partial charge in [-0.15, -0.1) is 0 Å². The van der Waals surface area contributed by atoms with Gasteiger partial charge in [-0.25, -0.2) is 0 Å². The van der Waals surface area contributed by atoms with Gasteiger partial charge in [0.2, 0.25) is 0 Å². The van der Waals surface area contributed by atoms with Gasteiger partial charge in [0.25, 0.3) is 0 Å². The highest BCUT2D eigenvalue weighted by atomic mass is 16.5. The molecule has 94 valence electrons. The number of ether oxygens (including phenoxy) is 1. The van der Waals surface area contributed by atoms with E-state index in [9.17, 15) is 0 Å². The molecule has 0 aliphatic rings. The minimum absolute atomic E-state index is 0.210. The Kier molecular flexibility index (Phi) is 5.33. The van der Waals surface area contributed by atoms with E-state index in [-0.39, 0.29) is 6.10 Å². The van der Waals surface area contributed by atoms with Crippen molar-refractivity contribution in [2.45, 2.75) is 26.5 Å². The maximum Gasteiger partial charge on any atom is 0.190 e. The smallest absolute Gasteiger partial charge is 0.190 e. The second-order valence-electron chi connectivity index (χ2n) is 3.99. The van der Waals surface area contributed by atoms with Crippen molar-refractivity contribution in [3.8, 4) is 5.75 Å². The Hall–Kier alpha value is -1.71. The maximum absolute atomic E-state index is 5.58. The van der Waals surface area contributed by atoms with E-state index in [1.54, 1.807) is 7.05 Å². The van der Waals surface area contributed by atoms with E-state index in [0.717, 1.165) is 18.3 Å². The van der Waals surface area contributed by atoms with Crippen LogP contribution in [0.2, 0.25) is 0 Å². The van der Waals surface area contributed by atoms with E-state index in [1.165, 1.54) is 5.56 Å². The lowest BCUT2D eigenvalue weighted by Gasteiger charge is -2.11. The summed E-state index contributed by atoms with van der Waals surface area (Å²) >= 11 is 0. The predicted molar refractivity (Wildman–Crippen MR) is 71.5 cm³/mol. The molecule has 0 spiro atoms. The number of rotatable bonds is 4. The van der Waals surface area contributed by atoms with E-state index in [1.807, 2.05) is 45.2 Å². The van der Waals surface area contributed by atoms with E-state index >= 15 is 0 Å². The van der Waals surface area contributed by atoms with Gasteiger partial charge in [-0.2, -0.15) is 0 Å². The Morgan fingerprint density at radius 2 is 1.94 bits per heavy atom. The van der Waals surface area contributed by atoms with E-state index < -0.39 is 0 Å². The highest BCUT2D eigenvalue weighted by Crippen LogP contribution is 2.13. The topological polar surface area (TPSA) is 45.7 Å². The van der Waals surface area contributed by atoms with Crippen molar-refractivity contribution in [2.24, 2.45) is 4.99 Å². The van der Waals surface area contributed by atoms with Gasteiger partial charge in [0.05, 0.1) is 6.10 Å². The average molecular weight is 235 g/mol. The van der Waals surface area contributed by atoms with Gasteiger partial charge in [-0.1, -0.05) is 12.1 Å². The third-order valence-electron chi connectivity index (χ3n) is 2.22. The summed E-state index contributed by atoms with van der Waals surface area (Å²) in [7, 11) is 3.59. The Morgan fingerprint density at radius 1 is 1.29 bits per heavy atom. The molecule has 4 nitrogen and oxygen atoms in total. The number of hydrogen-bond acceptors (Lipinski definition) is 2. The molecule has 1 aromatic carbocycles. The van der Waals surface area contributed by atoms with Crippen molar-refractivity contribution < 1.29 is 4.74 Å². The van der Waals surface area contributed by atoms with Gasteiger partial charge in [-0.05, 0) is 31.5 Å².